The summed E-state index contributed by atoms with van der Waals surface area (Å²) < 4.78 is 10.2. The highest BCUT2D eigenvalue weighted by atomic mass is 16.7. The molecule has 1 rings (SSSR count). The Labute approximate surface area is 79.4 Å². The van der Waals surface area contributed by atoms with Crippen molar-refractivity contribution < 1.29 is 14.3 Å². The van der Waals surface area contributed by atoms with Crippen LogP contribution in [0.2, 0.25) is 0 Å². The van der Waals surface area contributed by atoms with Crippen molar-refractivity contribution in [3.8, 4) is 0 Å². The molecule has 0 aromatic rings. The molecule has 0 aromatic heterocycles. The second-order valence-electron chi connectivity index (χ2n) is 4.47. The van der Waals surface area contributed by atoms with E-state index in [0.717, 1.165) is 19.3 Å². The Balaban J connectivity index is 2.08. The summed E-state index contributed by atoms with van der Waals surface area (Å²) in [5, 5.41) is 0. The zero-order chi connectivity index (χ0) is 9.90. The molecule has 76 valence electrons. The molecule has 1 aliphatic carbocycles. The van der Waals surface area contributed by atoms with Gasteiger partial charge in [-0.1, -0.05) is 6.42 Å². The van der Waals surface area contributed by atoms with Crippen LogP contribution in [0.4, 0.5) is 0 Å². The van der Waals surface area contributed by atoms with Crippen molar-refractivity contribution in [2.24, 2.45) is 5.92 Å². The van der Waals surface area contributed by atoms with Crippen LogP contribution in [0.1, 0.15) is 40.0 Å². The number of ether oxygens (including phenoxy) is 2. The smallest absolute Gasteiger partial charge is 0.311 e. The van der Waals surface area contributed by atoms with Crippen molar-refractivity contribution in [1.29, 1.82) is 0 Å². The Kier molecular flexibility index (Phi) is 3.31. The molecule has 1 fully saturated rings. The minimum absolute atomic E-state index is 0.0822. The number of carbonyl (C=O) groups is 1. The van der Waals surface area contributed by atoms with Crippen LogP contribution in [0.25, 0.3) is 0 Å². The van der Waals surface area contributed by atoms with Crippen LogP contribution in [-0.2, 0) is 14.3 Å². The fourth-order valence-electron chi connectivity index (χ4n) is 1.03. The molecule has 0 saturated heterocycles. The average molecular weight is 186 g/mol. The average Bonchev–Trinajstić information content (AvgIpc) is 1.79. The van der Waals surface area contributed by atoms with Gasteiger partial charge in [-0.05, 0) is 33.6 Å². The lowest BCUT2D eigenvalue weighted by atomic mass is 9.86. The van der Waals surface area contributed by atoms with E-state index in [1.807, 2.05) is 20.8 Å². The summed E-state index contributed by atoms with van der Waals surface area (Å²) in [4.78, 5) is 11.2. The molecule has 0 spiro atoms. The second kappa shape index (κ2) is 4.09. The summed E-state index contributed by atoms with van der Waals surface area (Å²) in [7, 11) is 0. The van der Waals surface area contributed by atoms with Gasteiger partial charge < -0.3 is 9.47 Å². The van der Waals surface area contributed by atoms with Gasteiger partial charge in [0, 0.05) is 0 Å². The minimum atomic E-state index is -0.236. The number of rotatable bonds is 3. The molecule has 0 N–H and O–H groups in total. The molecule has 0 aromatic carbocycles. The van der Waals surface area contributed by atoms with Crippen LogP contribution in [0.15, 0.2) is 0 Å². The Morgan fingerprint density at radius 1 is 1.38 bits per heavy atom. The van der Waals surface area contributed by atoms with Crippen LogP contribution in [0.3, 0.4) is 0 Å². The molecular weight excluding hydrogens is 168 g/mol. The number of esters is 1. The summed E-state index contributed by atoms with van der Waals surface area (Å²) in [5.74, 6) is 0.0408. The molecule has 0 atom stereocenters. The number of hydrogen-bond donors (Lipinski definition) is 0. The van der Waals surface area contributed by atoms with Crippen molar-refractivity contribution in [3.05, 3.63) is 0 Å². The molecule has 3 nitrogen and oxygen atoms in total. The van der Waals surface area contributed by atoms with E-state index >= 15 is 0 Å². The van der Waals surface area contributed by atoms with Crippen molar-refractivity contribution in [3.63, 3.8) is 0 Å². The van der Waals surface area contributed by atoms with E-state index in [0.29, 0.717) is 0 Å². The first-order chi connectivity index (χ1) is 5.99. The van der Waals surface area contributed by atoms with Crippen LogP contribution < -0.4 is 0 Å². The molecule has 0 unspecified atom stereocenters. The van der Waals surface area contributed by atoms with Crippen molar-refractivity contribution in [2.75, 3.05) is 6.79 Å². The van der Waals surface area contributed by atoms with Gasteiger partial charge >= 0.3 is 5.97 Å². The number of carbonyl (C=O) groups excluding carboxylic acids is 1. The lowest BCUT2D eigenvalue weighted by Crippen LogP contribution is -2.27. The van der Waals surface area contributed by atoms with E-state index in [9.17, 15) is 4.79 Å². The molecular formula is C10H18O3. The first-order valence-corrected chi connectivity index (χ1v) is 4.79. The van der Waals surface area contributed by atoms with E-state index < -0.39 is 0 Å². The molecule has 0 radical (unpaired) electrons. The Bertz CT molecular complexity index is 177. The molecule has 0 heterocycles. The molecule has 0 amide bonds. The quantitative estimate of drug-likeness (QED) is 0.500. The molecule has 0 aliphatic heterocycles. The predicted molar refractivity (Wildman–Crippen MR) is 49.1 cm³/mol. The molecule has 13 heavy (non-hydrogen) atoms. The van der Waals surface area contributed by atoms with Gasteiger partial charge in [0.25, 0.3) is 0 Å². The summed E-state index contributed by atoms with van der Waals surface area (Å²) in [5.41, 5.74) is -0.236. The Hall–Kier alpha value is -0.570. The summed E-state index contributed by atoms with van der Waals surface area (Å²) in [6.45, 7) is 5.89. The fourth-order valence-corrected chi connectivity index (χ4v) is 1.03. The second-order valence-corrected chi connectivity index (χ2v) is 4.47. The lowest BCUT2D eigenvalue weighted by Gasteiger charge is -2.24. The van der Waals surface area contributed by atoms with E-state index in [1.165, 1.54) is 0 Å². The summed E-state index contributed by atoms with van der Waals surface area (Å²) in [6, 6.07) is 0. The molecule has 0 bridgehead atoms. The van der Waals surface area contributed by atoms with Crippen molar-refractivity contribution in [2.45, 2.75) is 45.6 Å². The maximum absolute atomic E-state index is 11.2. The Morgan fingerprint density at radius 2 is 2.00 bits per heavy atom. The highest BCUT2D eigenvalue weighted by Gasteiger charge is 2.26. The first kappa shape index (κ1) is 10.5. The lowest BCUT2D eigenvalue weighted by molar-refractivity contribution is -0.174. The summed E-state index contributed by atoms with van der Waals surface area (Å²) >= 11 is 0. The third kappa shape index (κ3) is 3.77. The topological polar surface area (TPSA) is 35.5 Å². The van der Waals surface area contributed by atoms with Gasteiger partial charge in [-0.25, -0.2) is 0 Å². The van der Waals surface area contributed by atoms with Gasteiger partial charge in [0.15, 0.2) is 6.79 Å². The van der Waals surface area contributed by atoms with Gasteiger partial charge in [0.1, 0.15) is 0 Å². The maximum Gasteiger partial charge on any atom is 0.311 e. The van der Waals surface area contributed by atoms with Gasteiger partial charge in [-0.3, -0.25) is 4.79 Å². The third-order valence-corrected chi connectivity index (χ3v) is 2.13. The summed E-state index contributed by atoms with van der Waals surface area (Å²) in [6.07, 6.45) is 3.11. The van der Waals surface area contributed by atoms with Crippen molar-refractivity contribution in [1.82, 2.24) is 0 Å². The minimum Gasteiger partial charge on any atom is -0.438 e. The standard InChI is InChI=1S/C10H18O3/c1-10(2,3)13-7-12-9(11)8-5-4-6-8/h8H,4-7H2,1-3H3. The van der Waals surface area contributed by atoms with E-state index in [4.69, 9.17) is 9.47 Å². The van der Waals surface area contributed by atoms with Gasteiger partial charge in [0.2, 0.25) is 0 Å². The zero-order valence-electron chi connectivity index (χ0n) is 8.63. The highest BCUT2D eigenvalue weighted by Crippen LogP contribution is 2.27. The van der Waals surface area contributed by atoms with Gasteiger partial charge in [0.05, 0.1) is 11.5 Å². The zero-order valence-corrected chi connectivity index (χ0v) is 8.63. The molecule has 1 saturated carbocycles. The first-order valence-electron chi connectivity index (χ1n) is 4.79. The van der Waals surface area contributed by atoms with E-state index in [1.54, 1.807) is 0 Å². The predicted octanol–water partition coefficient (Wildman–Crippen LogP) is 2.10. The monoisotopic (exact) mass is 186 g/mol. The van der Waals surface area contributed by atoms with E-state index in [-0.39, 0.29) is 24.3 Å². The largest absolute Gasteiger partial charge is 0.438 e. The van der Waals surface area contributed by atoms with Crippen LogP contribution in [0.5, 0.6) is 0 Å². The van der Waals surface area contributed by atoms with Crippen LogP contribution in [0, 0.1) is 5.92 Å². The van der Waals surface area contributed by atoms with Gasteiger partial charge in [-0.2, -0.15) is 0 Å². The van der Waals surface area contributed by atoms with Crippen LogP contribution in [-0.4, -0.2) is 18.4 Å². The third-order valence-electron chi connectivity index (χ3n) is 2.13. The fraction of sp³-hybridized carbons (Fsp3) is 0.900. The molecule has 3 heteroatoms. The SMILES string of the molecule is CC(C)(C)OCOC(=O)C1CCC1. The van der Waals surface area contributed by atoms with E-state index in [2.05, 4.69) is 0 Å². The van der Waals surface area contributed by atoms with Crippen molar-refractivity contribution >= 4 is 5.97 Å². The highest BCUT2D eigenvalue weighted by molar-refractivity contribution is 5.73. The molecule has 1 aliphatic rings. The van der Waals surface area contributed by atoms with Gasteiger partial charge in [-0.15, -0.1) is 0 Å². The Morgan fingerprint density at radius 3 is 2.38 bits per heavy atom. The van der Waals surface area contributed by atoms with Crippen LogP contribution >= 0.6 is 0 Å². The maximum atomic E-state index is 11.2. The normalized spacial score (nSPS) is 18.1. The number of hydrogen-bond acceptors (Lipinski definition) is 3.